The van der Waals surface area contributed by atoms with E-state index >= 15 is 0 Å². The minimum absolute atomic E-state index is 0.438. The van der Waals surface area contributed by atoms with Crippen molar-refractivity contribution in [3.63, 3.8) is 0 Å². The Balaban J connectivity index is 1.81. The van der Waals surface area contributed by atoms with Crippen LogP contribution in [0.15, 0.2) is 0 Å². The molecule has 2 aliphatic carbocycles. The highest BCUT2D eigenvalue weighted by Gasteiger charge is 2.27. The van der Waals surface area contributed by atoms with Crippen LogP contribution in [0.1, 0.15) is 55.0 Å². The Labute approximate surface area is 90.4 Å². The highest BCUT2D eigenvalue weighted by Crippen LogP contribution is 2.36. The number of hydrogen-bond acceptors (Lipinski definition) is 2. The molecular weight excluding hydrogens is 186 g/mol. The van der Waals surface area contributed by atoms with Crippen molar-refractivity contribution >= 4 is 0 Å². The Kier molecular flexibility index (Phi) is 2.28. The third-order valence-corrected chi connectivity index (χ3v) is 4.00. The maximum atomic E-state index is 5.93. The van der Waals surface area contributed by atoms with Gasteiger partial charge in [-0.3, -0.25) is 5.10 Å². The summed E-state index contributed by atoms with van der Waals surface area (Å²) >= 11 is 0. The number of rotatable bonds is 1. The topological polar surface area (TPSA) is 54.7 Å². The molecule has 3 heteroatoms. The van der Waals surface area contributed by atoms with Gasteiger partial charge in [0.25, 0.3) is 0 Å². The molecule has 0 amide bonds. The third kappa shape index (κ3) is 1.59. The van der Waals surface area contributed by atoms with Crippen molar-refractivity contribution in [2.24, 2.45) is 5.73 Å². The van der Waals surface area contributed by atoms with Crippen LogP contribution in [-0.2, 0) is 12.8 Å². The molecule has 82 valence electrons. The standard InChI is InChI=1S/C12H19N3/c13-9-6-4-8(5-7-9)12-10-2-1-3-11(10)14-15-12/h8-9H,1-7,13H2,(H,14,15). The lowest BCUT2D eigenvalue weighted by Crippen LogP contribution is -2.26. The van der Waals surface area contributed by atoms with E-state index in [2.05, 4.69) is 10.2 Å². The molecule has 0 unspecified atom stereocenters. The zero-order chi connectivity index (χ0) is 10.3. The molecule has 1 aromatic rings. The van der Waals surface area contributed by atoms with Crippen molar-refractivity contribution in [3.8, 4) is 0 Å². The smallest absolute Gasteiger partial charge is 0.0687 e. The van der Waals surface area contributed by atoms with Gasteiger partial charge in [0.2, 0.25) is 0 Å². The van der Waals surface area contributed by atoms with Gasteiger partial charge in [-0.05, 0) is 50.5 Å². The molecular formula is C12H19N3. The lowest BCUT2D eigenvalue weighted by Gasteiger charge is -2.25. The van der Waals surface area contributed by atoms with Crippen LogP contribution in [-0.4, -0.2) is 16.2 Å². The number of aromatic nitrogens is 2. The SMILES string of the molecule is NC1CCC(c2n[nH]c3c2CCC3)CC1. The van der Waals surface area contributed by atoms with E-state index < -0.39 is 0 Å². The summed E-state index contributed by atoms with van der Waals surface area (Å²) in [6.45, 7) is 0. The Bertz CT molecular complexity index is 348. The van der Waals surface area contributed by atoms with Gasteiger partial charge in [-0.1, -0.05) is 0 Å². The summed E-state index contributed by atoms with van der Waals surface area (Å²) < 4.78 is 0. The third-order valence-electron chi connectivity index (χ3n) is 4.00. The molecule has 1 heterocycles. The monoisotopic (exact) mass is 205 g/mol. The van der Waals surface area contributed by atoms with Crippen LogP contribution in [0.25, 0.3) is 0 Å². The summed E-state index contributed by atoms with van der Waals surface area (Å²) in [6.07, 6.45) is 8.57. The van der Waals surface area contributed by atoms with E-state index in [-0.39, 0.29) is 0 Å². The van der Waals surface area contributed by atoms with Gasteiger partial charge >= 0.3 is 0 Å². The average Bonchev–Trinajstić information content (AvgIpc) is 2.80. The number of fused-ring (bicyclic) bond motifs is 1. The molecule has 0 saturated heterocycles. The molecule has 0 aliphatic heterocycles. The summed E-state index contributed by atoms with van der Waals surface area (Å²) in [7, 11) is 0. The van der Waals surface area contributed by atoms with Crippen molar-refractivity contribution in [1.29, 1.82) is 0 Å². The number of nitrogens with one attached hydrogen (secondary N) is 1. The number of aromatic amines is 1. The van der Waals surface area contributed by atoms with E-state index in [1.807, 2.05) is 0 Å². The zero-order valence-electron chi connectivity index (χ0n) is 9.13. The number of nitrogens with zero attached hydrogens (tertiary/aromatic N) is 1. The van der Waals surface area contributed by atoms with Gasteiger partial charge in [0.05, 0.1) is 5.69 Å². The average molecular weight is 205 g/mol. The van der Waals surface area contributed by atoms with Crippen molar-refractivity contribution in [2.75, 3.05) is 0 Å². The number of H-pyrrole nitrogens is 1. The van der Waals surface area contributed by atoms with Crippen LogP contribution in [0.5, 0.6) is 0 Å². The molecule has 0 atom stereocenters. The molecule has 0 spiro atoms. The predicted molar refractivity (Wildman–Crippen MR) is 59.8 cm³/mol. The van der Waals surface area contributed by atoms with Gasteiger partial charge < -0.3 is 5.73 Å². The molecule has 3 nitrogen and oxygen atoms in total. The molecule has 3 N–H and O–H groups in total. The van der Waals surface area contributed by atoms with Crippen LogP contribution in [0.3, 0.4) is 0 Å². The van der Waals surface area contributed by atoms with Gasteiger partial charge in [-0.15, -0.1) is 0 Å². The fourth-order valence-corrected chi connectivity index (χ4v) is 3.08. The predicted octanol–water partition coefficient (Wildman–Crippen LogP) is 1.88. The highest BCUT2D eigenvalue weighted by atomic mass is 15.1. The van der Waals surface area contributed by atoms with E-state index in [9.17, 15) is 0 Å². The van der Waals surface area contributed by atoms with Crippen LogP contribution < -0.4 is 5.73 Å². The first kappa shape index (κ1) is 9.40. The van der Waals surface area contributed by atoms with E-state index in [0.29, 0.717) is 12.0 Å². The molecule has 15 heavy (non-hydrogen) atoms. The lowest BCUT2D eigenvalue weighted by molar-refractivity contribution is 0.389. The van der Waals surface area contributed by atoms with Crippen molar-refractivity contribution in [3.05, 3.63) is 17.0 Å². The number of hydrogen-bond donors (Lipinski definition) is 2. The van der Waals surface area contributed by atoms with Crippen LogP contribution in [0.4, 0.5) is 0 Å². The van der Waals surface area contributed by atoms with Crippen LogP contribution in [0.2, 0.25) is 0 Å². The minimum atomic E-state index is 0.438. The number of aryl methyl sites for hydroxylation is 1. The first-order chi connectivity index (χ1) is 7.34. The quantitative estimate of drug-likeness (QED) is 0.735. The Morgan fingerprint density at radius 1 is 1.13 bits per heavy atom. The summed E-state index contributed by atoms with van der Waals surface area (Å²) in [6, 6.07) is 0.438. The fraction of sp³-hybridized carbons (Fsp3) is 0.750. The Morgan fingerprint density at radius 2 is 1.93 bits per heavy atom. The zero-order valence-corrected chi connectivity index (χ0v) is 9.13. The van der Waals surface area contributed by atoms with Gasteiger partial charge in [-0.25, -0.2) is 0 Å². The number of nitrogens with two attached hydrogens (primary N) is 1. The molecule has 1 aromatic heterocycles. The lowest BCUT2D eigenvalue weighted by atomic mass is 9.83. The fourth-order valence-electron chi connectivity index (χ4n) is 3.08. The van der Waals surface area contributed by atoms with Gasteiger partial charge in [0.15, 0.2) is 0 Å². The molecule has 3 rings (SSSR count). The van der Waals surface area contributed by atoms with E-state index in [4.69, 9.17) is 5.73 Å². The van der Waals surface area contributed by atoms with Crippen LogP contribution in [0, 0.1) is 0 Å². The summed E-state index contributed by atoms with van der Waals surface area (Å²) in [5.41, 5.74) is 10.2. The van der Waals surface area contributed by atoms with Gasteiger partial charge in [-0.2, -0.15) is 5.10 Å². The van der Waals surface area contributed by atoms with Crippen molar-refractivity contribution in [2.45, 2.75) is 56.9 Å². The molecule has 1 saturated carbocycles. The second kappa shape index (κ2) is 3.63. The Hall–Kier alpha value is -0.830. The minimum Gasteiger partial charge on any atom is -0.328 e. The molecule has 0 radical (unpaired) electrons. The van der Waals surface area contributed by atoms with Crippen LogP contribution >= 0.6 is 0 Å². The van der Waals surface area contributed by atoms with E-state index in [1.54, 1.807) is 0 Å². The Morgan fingerprint density at radius 3 is 2.73 bits per heavy atom. The maximum absolute atomic E-state index is 5.93. The second-order valence-corrected chi connectivity index (χ2v) is 5.03. The second-order valence-electron chi connectivity index (χ2n) is 5.03. The first-order valence-electron chi connectivity index (χ1n) is 6.16. The normalized spacial score (nSPS) is 30.5. The van der Waals surface area contributed by atoms with Crippen molar-refractivity contribution in [1.82, 2.24) is 10.2 Å². The van der Waals surface area contributed by atoms with Gasteiger partial charge in [0, 0.05) is 17.7 Å². The van der Waals surface area contributed by atoms with Crippen molar-refractivity contribution < 1.29 is 0 Å². The molecule has 2 aliphatic rings. The van der Waals surface area contributed by atoms with E-state index in [0.717, 1.165) is 0 Å². The molecule has 0 aromatic carbocycles. The largest absolute Gasteiger partial charge is 0.328 e. The maximum Gasteiger partial charge on any atom is 0.0687 e. The molecule has 0 bridgehead atoms. The van der Waals surface area contributed by atoms with E-state index in [1.165, 1.54) is 61.9 Å². The summed E-state index contributed by atoms with van der Waals surface area (Å²) in [5, 5.41) is 7.73. The highest BCUT2D eigenvalue weighted by molar-refractivity contribution is 5.32. The summed E-state index contributed by atoms with van der Waals surface area (Å²) in [5.74, 6) is 0.683. The molecule has 1 fully saturated rings. The first-order valence-corrected chi connectivity index (χ1v) is 6.16. The summed E-state index contributed by atoms with van der Waals surface area (Å²) in [4.78, 5) is 0. The van der Waals surface area contributed by atoms with Gasteiger partial charge in [0.1, 0.15) is 0 Å².